The number of nitrogens with one attached hydrogen (secondary N) is 1. The van der Waals surface area contributed by atoms with Crippen LogP contribution in [0.1, 0.15) is 41.5 Å². The summed E-state index contributed by atoms with van der Waals surface area (Å²) in [6.45, 7) is 16.3. The van der Waals surface area contributed by atoms with E-state index in [4.69, 9.17) is 0 Å². The maximum absolute atomic E-state index is 3.73. The molecule has 0 rings (SSSR count). The van der Waals surface area contributed by atoms with Crippen molar-refractivity contribution in [2.75, 3.05) is 13.6 Å². The lowest BCUT2D eigenvalue weighted by molar-refractivity contribution is 0.881. The highest BCUT2D eigenvalue weighted by atomic mass is 14.8. The van der Waals surface area contributed by atoms with E-state index in [9.17, 15) is 0 Å². The van der Waals surface area contributed by atoms with E-state index in [1.54, 1.807) is 6.20 Å². The first-order valence-corrected chi connectivity index (χ1v) is 5.69. The minimum Gasteiger partial charge on any atom is -0.316 e. The van der Waals surface area contributed by atoms with Crippen molar-refractivity contribution >= 4 is 6.72 Å². The van der Waals surface area contributed by atoms with E-state index in [2.05, 4.69) is 30.0 Å². The third-order valence-electron chi connectivity index (χ3n) is 1.55. The molecule has 2 nitrogen and oxygen atoms in total. The largest absolute Gasteiger partial charge is 0.316 e. The Bertz CT molecular complexity index is 179. The average molecular weight is 212 g/mol. The van der Waals surface area contributed by atoms with Crippen LogP contribution in [0.25, 0.3) is 0 Å². The molecule has 0 saturated carbocycles. The second-order valence-corrected chi connectivity index (χ2v) is 2.34. The average Bonchev–Trinajstić information content (AvgIpc) is 2.33. The molecule has 15 heavy (non-hydrogen) atoms. The summed E-state index contributed by atoms with van der Waals surface area (Å²) in [5.41, 5.74) is 2.43. The Morgan fingerprint density at radius 2 is 1.73 bits per heavy atom. The lowest BCUT2D eigenvalue weighted by atomic mass is 10.1. The number of allylic oxidation sites excluding steroid dienone is 1. The van der Waals surface area contributed by atoms with Gasteiger partial charge in [0.15, 0.2) is 0 Å². The first-order valence-electron chi connectivity index (χ1n) is 5.69. The second-order valence-electron chi connectivity index (χ2n) is 2.34. The Labute approximate surface area is 96.2 Å². The molecule has 0 aromatic rings. The quantitative estimate of drug-likeness (QED) is 0.556. The first kappa shape index (κ1) is 19.6. The third kappa shape index (κ3) is 13.1. The van der Waals surface area contributed by atoms with Gasteiger partial charge in [0.05, 0.1) is 0 Å². The highest BCUT2D eigenvalue weighted by molar-refractivity contribution is 5.33. The van der Waals surface area contributed by atoms with Crippen LogP contribution in [0.5, 0.6) is 0 Å². The van der Waals surface area contributed by atoms with E-state index in [0.717, 1.165) is 6.54 Å². The van der Waals surface area contributed by atoms with E-state index in [-0.39, 0.29) is 0 Å². The van der Waals surface area contributed by atoms with Gasteiger partial charge in [-0.3, -0.25) is 4.99 Å². The topological polar surface area (TPSA) is 24.4 Å². The Hall–Kier alpha value is -0.890. The summed E-state index contributed by atoms with van der Waals surface area (Å²) in [6, 6.07) is 0. The van der Waals surface area contributed by atoms with Crippen molar-refractivity contribution in [2.45, 2.75) is 41.5 Å². The van der Waals surface area contributed by atoms with E-state index >= 15 is 0 Å². The van der Waals surface area contributed by atoms with Gasteiger partial charge in [0, 0.05) is 12.7 Å². The number of nitrogens with zero attached hydrogens (tertiary/aromatic N) is 1. The molecule has 0 atom stereocenters. The third-order valence-corrected chi connectivity index (χ3v) is 1.55. The molecule has 2 heteroatoms. The zero-order chi connectivity index (χ0) is 12.7. The van der Waals surface area contributed by atoms with Crippen molar-refractivity contribution in [2.24, 2.45) is 4.99 Å². The molecule has 0 heterocycles. The zero-order valence-electron chi connectivity index (χ0n) is 11.5. The predicted molar refractivity (Wildman–Crippen MR) is 73.7 cm³/mol. The fourth-order valence-electron chi connectivity index (χ4n) is 0.773. The first-order chi connectivity index (χ1) is 7.26. The molecule has 0 unspecified atom stereocenters. The van der Waals surface area contributed by atoms with Gasteiger partial charge in [-0.15, -0.1) is 0 Å². The van der Waals surface area contributed by atoms with E-state index < -0.39 is 0 Å². The van der Waals surface area contributed by atoms with Gasteiger partial charge in [0.25, 0.3) is 0 Å². The fraction of sp³-hybridized carbons (Fsp3) is 0.615. The lowest BCUT2D eigenvalue weighted by Gasteiger charge is -2.04. The molecule has 0 aromatic heterocycles. The molecule has 0 fully saturated rings. The van der Waals surface area contributed by atoms with Crippen LogP contribution in [0.4, 0.5) is 0 Å². The molecule has 90 valence electrons. The van der Waals surface area contributed by atoms with Crippen LogP contribution in [0.15, 0.2) is 28.4 Å². The van der Waals surface area contributed by atoms with Crippen molar-refractivity contribution in [1.82, 2.24) is 5.32 Å². The Morgan fingerprint density at radius 3 is 2.00 bits per heavy atom. The number of hydrogen-bond donors (Lipinski definition) is 1. The molecule has 0 spiro atoms. The van der Waals surface area contributed by atoms with Gasteiger partial charge >= 0.3 is 0 Å². The molecule has 0 saturated heterocycles. The predicted octanol–water partition coefficient (Wildman–Crippen LogP) is 3.81. The highest BCUT2D eigenvalue weighted by Gasteiger charge is 1.95. The fourth-order valence-corrected chi connectivity index (χ4v) is 0.773. The van der Waals surface area contributed by atoms with Crippen LogP contribution in [0, 0.1) is 0 Å². The van der Waals surface area contributed by atoms with Gasteiger partial charge in [0.1, 0.15) is 0 Å². The Morgan fingerprint density at radius 1 is 1.27 bits per heavy atom. The minimum absolute atomic E-state index is 0.842. The summed E-state index contributed by atoms with van der Waals surface area (Å²) in [6.07, 6.45) is 3.85. The maximum atomic E-state index is 3.73. The molecule has 0 aromatic carbocycles. The summed E-state index contributed by atoms with van der Waals surface area (Å²) in [5, 5.41) is 3.07. The minimum atomic E-state index is 0.842. The van der Waals surface area contributed by atoms with Crippen LogP contribution >= 0.6 is 0 Å². The lowest BCUT2D eigenvalue weighted by Crippen LogP contribution is -2.10. The van der Waals surface area contributed by atoms with E-state index in [0.29, 0.717) is 0 Å². The van der Waals surface area contributed by atoms with Crippen LogP contribution < -0.4 is 5.32 Å². The standard InChI is InChI=1S/C9H16N2.2C2H6/c1-5-8(2)9(6-10-3)7-11-4;2*1-2/h5-6,11H,3,7H2,1-2,4H3;2*1-2H3/b8-5-,9-6-;;. The van der Waals surface area contributed by atoms with Gasteiger partial charge in [-0.05, 0) is 38.8 Å². The van der Waals surface area contributed by atoms with Gasteiger partial charge in [-0.2, -0.15) is 0 Å². The summed E-state index contributed by atoms with van der Waals surface area (Å²) in [5.74, 6) is 0. The molecule has 1 N–H and O–H groups in total. The van der Waals surface area contributed by atoms with Crippen LogP contribution in [-0.4, -0.2) is 20.3 Å². The maximum Gasteiger partial charge on any atom is 0.0308 e. The summed E-state index contributed by atoms with van der Waals surface area (Å²) < 4.78 is 0. The van der Waals surface area contributed by atoms with Crippen molar-refractivity contribution in [3.63, 3.8) is 0 Å². The van der Waals surface area contributed by atoms with Gasteiger partial charge in [0.2, 0.25) is 0 Å². The number of likely N-dealkylation sites (N-methyl/N-ethyl adjacent to an activating group) is 1. The zero-order valence-corrected chi connectivity index (χ0v) is 11.5. The highest BCUT2D eigenvalue weighted by Crippen LogP contribution is 2.07. The molecular weight excluding hydrogens is 184 g/mol. The van der Waals surface area contributed by atoms with Crippen LogP contribution in [-0.2, 0) is 0 Å². The van der Waals surface area contributed by atoms with Crippen molar-refractivity contribution in [1.29, 1.82) is 0 Å². The van der Waals surface area contributed by atoms with E-state index in [1.165, 1.54) is 11.1 Å². The van der Waals surface area contributed by atoms with Crippen molar-refractivity contribution in [3.05, 3.63) is 23.4 Å². The number of hydrogen-bond acceptors (Lipinski definition) is 2. The van der Waals surface area contributed by atoms with Crippen LogP contribution in [0.3, 0.4) is 0 Å². The SMILES string of the molecule is C=N/C=C(CNC)\C(C)=C/C.CC.CC. The number of rotatable bonds is 4. The molecule has 0 bridgehead atoms. The summed E-state index contributed by atoms with van der Waals surface area (Å²) in [7, 11) is 1.92. The van der Waals surface area contributed by atoms with Gasteiger partial charge in [-0.25, -0.2) is 0 Å². The molecule has 0 radical (unpaired) electrons. The van der Waals surface area contributed by atoms with E-state index in [1.807, 2.05) is 41.7 Å². The van der Waals surface area contributed by atoms with Crippen molar-refractivity contribution in [3.8, 4) is 0 Å². The van der Waals surface area contributed by atoms with Crippen molar-refractivity contribution < 1.29 is 0 Å². The molecule has 0 aliphatic rings. The summed E-state index contributed by atoms with van der Waals surface area (Å²) in [4.78, 5) is 3.73. The number of aliphatic imine (C=N–C) groups is 1. The van der Waals surface area contributed by atoms with Gasteiger partial charge < -0.3 is 5.32 Å². The molecular formula is C13H28N2. The normalized spacial score (nSPS) is 10.6. The Kier molecular flexibility index (Phi) is 24.6. The van der Waals surface area contributed by atoms with Crippen LogP contribution in [0.2, 0.25) is 0 Å². The smallest absolute Gasteiger partial charge is 0.0308 e. The van der Waals surface area contributed by atoms with Gasteiger partial charge in [-0.1, -0.05) is 33.8 Å². The monoisotopic (exact) mass is 212 g/mol. The molecule has 0 amide bonds. The Balaban J connectivity index is -0.000000318. The molecule has 0 aliphatic heterocycles. The molecule has 0 aliphatic carbocycles. The summed E-state index contributed by atoms with van der Waals surface area (Å²) >= 11 is 0. The second kappa shape index (κ2) is 18.8.